The van der Waals surface area contributed by atoms with Gasteiger partial charge in [-0.3, -0.25) is 4.90 Å². The summed E-state index contributed by atoms with van der Waals surface area (Å²) in [6.45, 7) is 7.26. The molecule has 1 N–H and O–H groups in total. The summed E-state index contributed by atoms with van der Waals surface area (Å²) >= 11 is 2.01. The first-order valence-corrected chi connectivity index (χ1v) is 7.85. The molecular formula is C14H22N2OS. The van der Waals surface area contributed by atoms with E-state index in [0.29, 0.717) is 0 Å². The van der Waals surface area contributed by atoms with Crippen LogP contribution in [0.2, 0.25) is 0 Å². The predicted molar refractivity (Wildman–Crippen MR) is 75.3 cm³/mol. The van der Waals surface area contributed by atoms with Crippen LogP contribution in [0.4, 0.5) is 0 Å². The first-order chi connectivity index (χ1) is 8.92. The zero-order chi connectivity index (χ0) is 12.2. The third-order valence-corrected chi connectivity index (χ3v) is 5.04. The van der Waals surface area contributed by atoms with Crippen molar-refractivity contribution in [1.82, 2.24) is 10.2 Å². The lowest BCUT2D eigenvalue weighted by atomic mass is 10.2. The van der Waals surface area contributed by atoms with Gasteiger partial charge in [-0.25, -0.2) is 0 Å². The molecule has 4 heteroatoms. The molecule has 3 nitrogen and oxygen atoms in total. The summed E-state index contributed by atoms with van der Waals surface area (Å²) in [5.74, 6) is 0. The van der Waals surface area contributed by atoms with Gasteiger partial charge in [-0.2, -0.15) is 0 Å². The maximum Gasteiger partial charge on any atom is 0.0594 e. The van der Waals surface area contributed by atoms with Crippen LogP contribution >= 0.6 is 11.3 Å². The van der Waals surface area contributed by atoms with Gasteiger partial charge in [0.1, 0.15) is 0 Å². The van der Waals surface area contributed by atoms with E-state index in [0.717, 1.165) is 45.9 Å². The number of hydrogen-bond acceptors (Lipinski definition) is 4. The van der Waals surface area contributed by atoms with Crippen molar-refractivity contribution in [2.75, 3.05) is 39.4 Å². The van der Waals surface area contributed by atoms with Gasteiger partial charge in [-0.05, 0) is 30.9 Å². The largest absolute Gasteiger partial charge is 0.379 e. The number of rotatable bonds is 5. The Morgan fingerprint density at radius 2 is 2.17 bits per heavy atom. The second kappa shape index (κ2) is 6.15. The normalized spacial score (nSPS) is 20.2. The molecule has 1 aliphatic carbocycles. The SMILES string of the molecule is c1c(CNCCN2CCOCC2)sc2c1CCC2. The highest BCUT2D eigenvalue weighted by molar-refractivity contribution is 7.12. The Hall–Kier alpha value is -0.420. The van der Waals surface area contributed by atoms with Crippen LogP contribution in [0.15, 0.2) is 6.07 Å². The molecule has 0 atom stereocenters. The summed E-state index contributed by atoms with van der Waals surface area (Å²) in [7, 11) is 0. The van der Waals surface area contributed by atoms with Gasteiger partial charge >= 0.3 is 0 Å². The fourth-order valence-electron chi connectivity index (χ4n) is 2.75. The van der Waals surface area contributed by atoms with Crippen molar-refractivity contribution in [1.29, 1.82) is 0 Å². The average Bonchev–Trinajstić information content (AvgIpc) is 2.96. The van der Waals surface area contributed by atoms with Crippen molar-refractivity contribution in [3.05, 3.63) is 21.4 Å². The number of nitrogens with zero attached hydrogens (tertiary/aromatic N) is 1. The summed E-state index contributed by atoms with van der Waals surface area (Å²) in [6.07, 6.45) is 3.99. The molecule has 100 valence electrons. The molecule has 1 aromatic heterocycles. The zero-order valence-electron chi connectivity index (χ0n) is 10.9. The lowest BCUT2D eigenvalue weighted by Gasteiger charge is -2.26. The first kappa shape index (κ1) is 12.6. The molecule has 1 aliphatic heterocycles. The van der Waals surface area contributed by atoms with Crippen LogP contribution in [-0.4, -0.2) is 44.3 Å². The molecule has 0 unspecified atom stereocenters. The second-order valence-corrected chi connectivity index (χ2v) is 6.37. The van der Waals surface area contributed by atoms with Gasteiger partial charge in [0.25, 0.3) is 0 Å². The Morgan fingerprint density at radius 1 is 1.28 bits per heavy atom. The van der Waals surface area contributed by atoms with Crippen LogP contribution in [0.3, 0.4) is 0 Å². The van der Waals surface area contributed by atoms with Crippen LogP contribution in [0.5, 0.6) is 0 Å². The molecule has 3 rings (SSSR count). The highest BCUT2D eigenvalue weighted by Gasteiger charge is 2.14. The van der Waals surface area contributed by atoms with Crippen molar-refractivity contribution in [3.63, 3.8) is 0 Å². The molecule has 18 heavy (non-hydrogen) atoms. The van der Waals surface area contributed by atoms with Crippen molar-refractivity contribution in [2.24, 2.45) is 0 Å². The van der Waals surface area contributed by atoms with Gasteiger partial charge in [0.05, 0.1) is 13.2 Å². The van der Waals surface area contributed by atoms with Gasteiger partial charge in [0, 0.05) is 42.5 Å². The molecule has 0 radical (unpaired) electrons. The first-order valence-electron chi connectivity index (χ1n) is 7.03. The van der Waals surface area contributed by atoms with E-state index < -0.39 is 0 Å². The number of fused-ring (bicyclic) bond motifs is 1. The number of nitrogens with one attached hydrogen (secondary N) is 1. The minimum Gasteiger partial charge on any atom is -0.379 e. The van der Waals surface area contributed by atoms with E-state index in [4.69, 9.17) is 4.74 Å². The standard InChI is InChI=1S/C14H22N2OS/c1-2-12-10-13(18-14(12)3-1)11-15-4-5-16-6-8-17-9-7-16/h10,15H,1-9,11H2. The van der Waals surface area contributed by atoms with Gasteiger partial charge in [0.15, 0.2) is 0 Å². The van der Waals surface area contributed by atoms with E-state index in [1.54, 1.807) is 10.4 Å². The molecule has 0 bridgehead atoms. The Morgan fingerprint density at radius 3 is 3.00 bits per heavy atom. The van der Waals surface area contributed by atoms with Crippen LogP contribution in [0.25, 0.3) is 0 Å². The highest BCUT2D eigenvalue weighted by Crippen LogP contribution is 2.30. The molecule has 0 saturated carbocycles. The molecule has 1 aromatic rings. The van der Waals surface area contributed by atoms with E-state index in [9.17, 15) is 0 Å². The highest BCUT2D eigenvalue weighted by atomic mass is 32.1. The third-order valence-electron chi connectivity index (χ3n) is 3.81. The number of ether oxygens (including phenoxy) is 1. The van der Waals surface area contributed by atoms with E-state index in [-0.39, 0.29) is 0 Å². The molecule has 1 fully saturated rings. The van der Waals surface area contributed by atoms with Gasteiger partial charge in [0.2, 0.25) is 0 Å². The monoisotopic (exact) mass is 266 g/mol. The molecule has 1 saturated heterocycles. The van der Waals surface area contributed by atoms with Crippen LogP contribution < -0.4 is 5.32 Å². The van der Waals surface area contributed by atoms with Crippen molar-refractivity contribution in [2.45, 2.75) is 25.8 Å². The summed E-state index contributed by atoms with van der Waals surface area (Å²) in [5, 5.41) is 3.57. The van der Waals surface area contributed by atoms with E-state index in [1.807, 2.05) is 11.3 Å². The summed E-state index contributed by atoms with van der Waals surface area (Å²) in [5.41, 5.74) is 1.62. The minimum atomic E-state index is 0.900. The van der Waals surface area contributed by atoms with Crippen molar-refractivity contribution < 1.29 is 4.74 Å². The summed E-state index contributed by atoms with van der Waals surface area (Å²) in [6, 6.07) is 2.41. The lowest BCUT2D eigenvalue weighted by molar-refractivity contribution is 0.0384. The molecule has 0 spiro atoms. The zero-order valence-corrected chi connectivity index (χ0v) is 11.7. The summed E-state index contributed by atoms with van der Waals surface area (Å²) in [4.78, 5) is 5.63. The Labute approximate surface area is 113 Å². The number of thiophene rings is 1. The van der Waals surface area contributed by atoms with E-state index >= 15 is 0 Å². The Kier molecular flexibility index (Phi) is 4.31. The second-order valence-electron chi connectivity index (χ2n) is 5.15. The fourth-order valence-corrected chi connectivity index (χ4v) is 3.98. The van der Waals surface area contributed by atoms with E-state index in [2.05, 4.69) is 16.3 Å². The molecule has 2 heterocycles. The van der Waals surface area contributed by atoms with Crippen LogP contribution in [-0.2, 0) is 24.1 Å². The Bertz CT molecular complexity index is 364. The van der Waals surface area contributed by atoms with E-state index in [1.165, 1.54) is 24.1 Å². The lowest BCUT2D eigenvalue weighted by Crippen LogP contribution is -2.40. The smallest absolute Gasteiger partial charge is 0.0594 e. The number of morpholine rings is 1. The topological polar surface area (TPSA) is 24.5 Å². The van der Waals surface area contributed by atoms with Crippen LogP contribution in [0.1, 0.15) is 21.7 Å². The van der Waals surface area contributed by atoms with Gasteiger partial charge in [-0.1, -0.05) is 0 Å². The quantitative estimate of drug-likeness (QED) is 0.820. The maximum atomic E-state index is 5.35. The van der Waals surface area contributed by atoms with Gasteiger partial charge in [-0.15, -0.1) is 11.3 Å². The number of aryl methyl sites for hydroxylation is 2. The van der Waals surface area contributed by atoms with Crippen molar-refractivity contribution >= 4 is 11.3 Å². The molecular weight excluding hydrogens is 244 g/mol. The predicted octanol–water partition coefficient (Wildman–Crippen LogP) is 1.66. The summed E-state index contributed by atoms with van der Waals surface area (Å²) < 4.78 is 5.35. The van der Waals surface area contributed by atoms with Crippen molar-refractivity contribution in [3.8, 4) is 0 Å². The minimum absolute atomic E-state index is 0.900. The Balaban J connectivity index is 1.36. The molecule has 0 aromatic carbocycles. The maximum absolute atomic E-state index is 5.35. The fraction of sp³-hybridized carbons (Fsp3) is 0.714. The van der Waals surface area contributed by atoms with Crippen LogP contribution in [0, 0.1) is 0 Å². The number of hydrogen-bond donors (Lipinski definition) is 1. The molecule has 2 aliphatic rings. The van der Waals surface area contributed by atoms with Gasteiger partial charge < -0.3 is 10.1 Å². The average molecular weight is 266 g/mol. The molecule has 0 amide bonds. The third kappa shape index (κ3) is 3.12.